The molecule has 0 amide bonds. The van der Waals surface area contributed by atoms with Crippen LogP contribution in [0.3, 0.4) is 0 Å². The van der Waals surface area contributed by atoms with Crippen LogP contribution >= 0.6 is 0 Å². The van der Waals surface area contributed by atoms with Gasteiger partial charge in [0.2, 0.25) is 0 Å². The van der Waals surface area contributed by atoms with Gasteiger partial charge in [0.25, 0.3) is 0 Å². The van der Waals surface area contributed by atoms with E-state index in [1.807, 2.05) is 0 Å². The Kier molecular flexibility index (Phi) is 5.77. The lowest BCUT2D eigenvalue weighted by atomic mass is 9.80. The zero-order valence-electron chi connectivity index (χ0n) is 12.7. The topological polar surface area (TPSA) is 71.1 Å². The minimum Gasteiger partial charge on any atom is -0.429 e. The van der Waals surface area contributed by atoms with Crippen LogP contribution in [0.2, 0.25) is 0 Å². The Morgan fingerprint density at radius 2 is 1.73 bits per heavy atom. The van der Waals surface area contributed by atoms with Crippen molar-refractivity contribution in [1.82, 2.24) is 0 Å². The summed E-state index contributed by atoms with van der Waals surface area (Å²) in [4.78, 5) is 31.6. The Hall–Kier alpha value is -2.08. The zero-order chi connectivity index (χ0) is 15.9. The van der Waals surface area contributed by atoms with Crippen molar-refractivity contribution in [2.24, 2.45) is 11.8 Å². The van der Waals surface area contributed by atoms with Crippen molar-refractivity contribution < 1.29 is 29.1 Å². The summed E-state index contributed by atoms with van der Waals surface area (Å²) in [7, 11) is 0. The second kappa shape index (κ2) is 7.79. The van der Waals surface area contributed by atoms with E-state index in [1.165, 1.54) is 0 Å². The van der Waals surface area contributed by atoms with Crippen molar-refractivity contribution in [2.45, 2.75) is 39.2 Å². The number of carbonyl (C=O) groups excluding carboxylic acids is 2. The van der Waals surface area contributed by atoms with Gasteiger partial charge in [-0.3, -0.25) is 4.89 Å². The molecule has 1 saturated carbocycles. The van der Waals surface area contributed by atoms with E-state index in [0.29, 0.717) is 11.8 Å². The molecule has 0 aromatic heterocycles. The van der Waals surface area contributed by atoms with E-state index in [1.54, 1.807) is 30.3 Å². The molecule has 1 aliphatic rings. The largest absolute Gasteiger partial charge is 0.543 e. The highest BCUT2D eigenvalue weighted by molar-refractivity contribution is 5.88. The highest BCUT2D eigenvalue weighted by atomic mass is 17.5. The van der Waals surface area contributed by atoms with Gasteiger partial charge in [0, 0.05) is 0 Å². The van der Waals surface area contributed by atoms with Gasteiger partial charge in [0.15, 0.2) is 0 Å². The summed E-state index contributed by atoms with van der Waals surface area (Å²) in [6.07, 6.45) is 1.40. The lowest BCUT2D eigenvalue weighted by Crippen LogP contribution is -2.29. The summed E-state index contributed by atoms with van der Waals surface area (Å²) >= 11 is 0. The summed E-state index contributed by atoms with van der Waals surface area (Å²) in [5.74, 6) is 0.357. The van der Waals surface area contributed by atoms with E-state index in [9.17, 15) is 9.59 Å². The van der Waals surface area contributed by atoms with Gasteiger partial charge < -0.3 is 4.74 Å². The summed E-state index contributed by atoms with van der Waals surface area (Å²) in [6, 6.07) is 8.22. The molecule has 1 aliphatic carbocycles. The first-order valence-electron chi connectivity index (χ1n) is 7.37. The second-order valence-electron chi connectivity index (χ2n) is 5.65. The molecule has 2 rings (SSSR count). The molecule has 3 unspecified atom stereocenters. The fraction of sp³-hybridized carbons (Fsp3) is 0.500. The van der Waals surface area contributed by atoms with Crippen LogP contribution < -0.4 is 0 Å². The molecular formula is C16H20O6. The number of rotatable bonds is 4. The monoisotopic (exact) mass is 308 g/mol. The maximum Gasteiger partial charge on any atom is 0.543 e. The molecule has 3 atom stereocenters. The molecule has 0 spiro atoms. The molecule has 22 heavy (non-hydrogen) atoms. The Morgan fingerprint density at radius 1 is 1.00 bits per heavy atom. The smallest absolute Gasteiger partial charge is 0.429 e. The van der Waals surface area contributed by atoms with E-state index < -0.39 is 12.1 Å². The average molecular weight is 308 g/mol. The molecule has 0 heterocycles. The molecule has 1 fully saturated rings. The van der Waals surface area contributed by atoms with Crippen molar-refractivity contribution in [1.29, 1.82) is 0 Å². The van der Waals surface area contributed by atoms with E-state index in [0.717, 1.165) is 19.3 Å². The Morgan fingerprint density at radius 3 is 2.41 bits per heavy atom. The summed E-state index contributed by atoms with van der Waals surface area (Å²) in [5, 5.41) is 4.18. The predicted octanol–water partition coefficient (Wildman–Crippen LogP) is 3.67. The number of hydrogen-bond donors (Lipinski definition) is 0. The van der Waals surface area contributed by atoms with Gasteiger partial charge in [0.1, 0.15) is 6.10 Å². The molecule has 0 saturated heterocycles. The number of hydrogen-bond acceptors (Lipinski definition) is 6. The minimum atomic E-state index is -1.01. The highest BCUT2D eigenvalue weighted by Gasteiger charge is 2.28. The SMILES string of the molecule is CC1CCC(OC(=O)OOOC(=O)c2ccccc2)CC1C. The number of carbonyl (C=O) groups is 2. The van der Waals surface area contributed by atoms with Crippen LogP contribution in [0.1, 0.15) is 43.5 Å². The van der Waals surface area contributed by atoms with Gasteiger partial charge in [-0.2, -0.15) is 0 Å². The highest BCUT2D eigenvalue weighted by Crippen LogP contribution is 2.31. The molecule has 0 N–H and O–H groups in total. The standard InChI is InChI=1S/C16H20O6/c1-11-8-9-14(10-12(11)2)19-16(18)21-22-20-15(17)13-6-4-3-5-7-13/h3-7,11-12,14H,8-10H2,1-2H3. The summed E-state index contributed by atoms with van der Waals surface area (Å²) < 4.78 is 5.12. The van der Waals surface area contributed by atoms with Crippen molar-refractivity contribution in [2.75, 3.05) is 0 Å². The Bertz CT molecular complexity index is 501. The van der Waals surface area contributed by atoms with Crippen molar-refractivity contribution >= 4 is 12.1 Å². The van der Waals surface area contributed by atoms with Gasteiger partial charge >= 0.3 is 12.1 Å². The van der Waals surface area contributed by atoms with E-state index in [2.05, 4.69) is 28.7 Å². The molecule has 1 aromatic carbocycles. The van der Waals surface area contributed by atoms with Crippen molar-refractivity contribution in [3.8, 4) is 0 Å². The van der Waals surface area contributed by atoms with E-state index in [4.69, 9.17) is 4.74 Å². The fourth-order valence-electron chi connectivity index (χ4n) is 2.46. The zero-order valence-corrected chi connectivity index (χ0v) is 12.7. The molecule has 120 valence electrons. The van der Waals surface area contributed by atoms with E-state index >= 15 is 0 Å². The Balaban J connectivity index is 1.67. The molecule has 0 aliphatic heterocycles. The van der Waals surface area contributed by atoms with Crippen LogP contribution in [0.15, 0.2) is 30.3 Å². The van der Waals surface area contributed by atoms with Crippen LogP contribution in [0.25, 0.3) is 0 Å². The summed E-state index contributed by atoms with van der Waals surface area (Å²) in [6.45, 7) is 4.31. The van der Waals surface area contributed by atoms with Crippen LogP contribution in [0, 0.1) is 11.8 Å². The molecule has 0 bridgehead atoms. The summed E-state index contributed by atoms with van der Waals surface area (Å²) in [5.41, 5.74) is 0.287. The first-order chi connectivity index (χ1) is 10.6. The third-order valence-electron chi connectivity index (χ3n) is 4.03. The van der Waals surface area contributed by atoms with Crippen LogP contribution in [-0.2, 0) is 19.6 Å². The lowest BCUT2D eigenvalue weighted by molar-refractivity contribution is -0.453. The molecular weight excluding hydrogens is 288 g/mol. The minimum absolute atomic E-state index is 0.188. The second-order valence-corrected chi connectivity index (χ2v) is 5.65. The normalized spacial score (nSPS) is 24.4. The average Bonchev–Trinajstić information content (AvgIpc) is 2.51. The quantitative estimate of drug-likeness (QED) is 0.480. The van der Waals surface area contributed by atoms with Gasteiger partial charge in [-0.15, -0.1) is 0 Å². The maximum absolute atomic E-state index is 11.5. The van der Waals surface area contributed by atoms with Gasteiger partial charge in [-0.1, -0.05) is 32.0 Å². The fourth-order valence-corrected chi connectivity index (χ4v) is 2.46. The van der Waals surface area contributed by atoms with Gasteiger partial charge in [-0.25, -0.2) is 14.5 Å². The van der Waals surface area contributed by atoms with Crippen LogP contribution in [0.5, 0.6) is 0 Å². The number of ether oxygens (including phenoxy) is 1. The molecule has 6 heteroatoms. The van der Waals surface area contributed by atoms with Crippen molar-refractivity contribution in [3.63, 3.8) is 0 Å². The Labute approximate surface area is 129 Å². The van der Waals surface area contributed by atoms with Gasteiger partial charge in [0.05, 0.1) is 10.6 Å². The number of benzene rings is 1. The van der Waals surface area contributed by atoms with Crippen LogP contribution in [0.4, 0.5) is 4.79 Å². The maximum atomic E-state index is 11.5. The lowest BCUT2D eigenvalue weighted by Gasteiger charge is -2.30. The van der Waals surface area contributed by atoms with Gasteiger partial charge in [-0.05, 0) is 43.2 Å². The third-order valence-corrected chi connectivity index (χ3v) is 4.03. The molecule has 0 radical (unpaired) electrons. The molecule has 6 nitrogen and oxygen atoms in total. The van der Waals surface area contributed by atoms with E-state index in [-0.39, 0.29) is 11.7 Å². The van der Waals surface area contributed by atoms with Crippen molar-refractivity contribution in [3.05, 3.63) is 35.9 Å². The predicted molar refractivity (Wildman–Crippen MR) is 76.5 cm³/mol. The third kappa shape index (κ3) is 4.73. The van der Waals surface area contributed by atoms with Crippen LogP contribution in [-0.4, -0.2) is 18.2 Å². The molecule has 1 aromatic rings. The first kappa shape index (κ1) is 16.3. The first-order valence-corrected chi connectivity index (χ1v) is 7.37.